The number of hydrogen-bond acceptors (Lipinski definition) is 5. The largest absolute Gasteiger partial charge is 0.377 e. The summed E-state index contributed by atoms with van der Waals surface area (Å²) in [6, 6.07) is 1.13. The van der Waals surface area contributed by atoms with Gasteiger partial charge in [0, 0.05) is 12.6 Å². The normalized spacial score (nSPS) is 19.5. The number of amides is 1. The number of likely N-dealkylation sites (N-methyl/N-ethyl adjacent to an activating group) is 1. The predicted octanol–water partition coefficient (Wildman–Crippen LogP) is -0.802. The monoisotopic (exact) mass is 266 g/mol. The molecular formula is C12H18N4O3. The first-order valence-corrected chi connectivity index (χ1v) is 6.21. The van der Waals surface area contributed by atoms with E-state index in [1.165, 1.54) is 6.07 Å². The molecule has 19 heavy (non-hydrogen) atoms. The number of nitrogens with zero attached hydrogens (tertiary/aromatic N) is 2. The van der Waals surface area contributed by atoms with Crippen LogP contribution in [0.2, 0.25) is 0 Å². The van der Waals surface area contributed by atoms with Gasteiger partial charge >= 0.3 is 0 Å². The second-order valence-corrected chi connectivity index (χ2v) is 4.46. The lowest BCUT2D eigenvalue weighted by atomic mass is 10.1. The number of aryl methyl sites for hydroxylation is 1. The van der Waals surface area contributed by atoms with Gasteiger partial charge in [-0.3, -0.25) is 9.59 Å². The van der Waals surface area contributed by atoms with Crippen LogP contribution in [-0.2, 0) is 9.53 Å². The summed E-state index contributed by atoms with van der Waals surface area (Å²) in [5.41, 5.74) is 0.361. The molecule has 2 N–H and O–H groups in total. The lowest BCUT2D eigenvalue weighted by molar-refractivity contribution is -0.139. The molecule has 0 spiro atoms. The topological polar surface area (TPSA) is 87.3 Å². The molecule has 0 aromatic carbocycles. The Morgan fingerprint density at radius 1 is 1.68 bits per heavy atom. The van der Waals surface area contributed by atoms with Gasteiger partial charge in [0.25, 0.3) is 5.56 Å². The van der Waals surface area contributed by atoms with Gasteiger partial charge in [-0.05, 0) is 14.0 Å². The Hall–Kier alpha value is -1.73. The standard InChI is InChI=1S/C12H18N4O3/c1-8-14-9(5-11(17)15-8)10-7-19-4-3-16(10)12(18)6-13-2/h5,10,13H,3-4,6-7H2,1-2H3,(H,14,15,17)/t10-/m0/s1. The van der Waals surface area contributed by atoms with E-state index in [9.17, 15) is 9.59 Å². The maximum Gasteiger partial charge on any atom is 0.251 e. The van der Waals surface area contributed by atoms with Crippen molar-refractivity contribution in [3.8, 4) is 0 Å². The minimum atomic E-state index is -0.296. The average molecular weight is 266 g/mol. The SMILES string of the molecule is CNCC(=O)N1CCOC[C@H]1c1cc(=O)[nH]c(C)n1. The van der Waals surface area contributed by atoms with Crippen molar-refractivity contribution in [3.05, 3.63) is 27.9 Å². The summed E-state index contributed by atoms with van der Waals surface area (Å²) < 4.78 is 5.41. The van der Waals surface area contributed by atoms with Gasteiger partial charge in [0.1, 0.15) is 5.82 Å². The van der Waals surface area contributed by atoms with Crippen molar-refractivity contribution in [2.75, 3.05) is 33.4 Å². The van der Waals surface area contributed by atoms with Crippen LogP contribution in [0.1, 0.15) is 17.6 Å². The highest BCUT2D eigenvalue weighted by atomic mass is 16.5. The quantitative estimate of drug-likeness (QED) is 0.747. The van der Waals surface area contributed by atoms with Gasteiger partial charge in [-0.25, -0.2) is 4.98 Å². The molecule has 0 radical (unpaired) electrons. The number of aromatic nitrogens is 2. The van der Waals surface area contributed by atoms with E-state index in [0.29, 0.717) is 31.3 Å². The van der Waals surface area contributed by atoms with Crippen LogP contribution in [-0.4, -0.2) is 54.1 Å². The molecule has 1 amide bonds. The smallest absolute Gasteiger partial charge is 0.251 e. The Bertz CT molecular complexity index is 514. The van der Waals surface area contributed by atoms with E-state index in [4.69, 9.17) is 4.74 Å². The highest BCUT2D eigenvalue weighted by molar-refractivity contribution is 5.78. The van der Waals surface area contributed by atoms with E-state index in [1.807, 2.05) is 0 Å². The number of carbonyl (C=O) groups excluding carboxylic acids is 1. The number of ether oxygens (including phenoxy) is 1. The number of aromatic amines is 1. The first-order valence-electron chi connectivity index (χ1n) is 6.21. The van der Waals surface area contributed by atoms with Gasteiger partial charge in [0.05, 0.1) is 31.5 Å². The van der Waals surface area contributed by atoms with Gasteiger partial charge < -0.3 is 19.9 Å². The van der Waals surface area contributed by atoms with Gasteiger partial charge in [-0.1, -0.05) is 0 Å². The Morgan fingerprint density at radius 3 is 3.16 bits per heavy atom. The first kappa shape index (κ1) is 13.7. The fourth-order valence-electron chi connectivity index (χ4n) is 2.17. The molecule has 7 nitrogen and oxygen atoms in total. The van der Waals surface area contributed by atoms with Gasteiger partial charge in [0.15, 0.2) is 0 Å². The summed E-state index contributed by atoms with van der Waals surface area (Å²) >= 11 is 0. The van der Waals surface area contributed by atoms with Crippen molar-refractivity contribution < 1.29 is 9.53 Å². The molecule has 1 fully saturated rings. The van der Waals surface area contributed by atoms with Crippen molar-refractivity contribution in [2.45, 2.75) is 13.0 Å². The third kappa shape index (κ3) is 3.18. The number of rotatable bonds is 3. The third-order valence-corrected chi connectivity index (χ3v) is 3.00. The predicted molar refractivity (Wildman–Crippen MR) is 68.8 cm³/mol. The summed E-state index contributed by atoms with van der Waals surface area (Å²) in [6.07, 6.45) is 0. The van der Waals surface area contributed by atoms with Crippen LogP contribution in [0.4, 0.5) is 0 Å². The summed E-state index contributed by atoms with van der Waals surface area (Å²) in [6.45, 7) is 3.37. The van der Waals surface area contributed by atoms with E-state index in [2.05, 4.69) is 15.3 Å². The molecule has 1 aliphatic heterocycles. The number of carbonyl (C=O) groups is 1. The lowest BCUT2D eigenvalue weighted by Crippen LogP contribution is -2.46. The number of hydrogen-bond donors (Lipinski definition) is 2. The van der Waals surface area contributed by atoms with E-state index in [1.54, 1.807) is 18.9 Å². The van der Waals surface area contributed by atoms with Crippen LogP contribution < -0.4 is 10.9 Å². The second-order valence-electron chi connectivity index (χ2n) is 4.46. The number of H-pyrrole nitrogens is 1. The summed E-state index contributed by atoms with van der Waals surface area (Å²) in [7, 11) is 1.73. The molecule has 1 aliphatic rings. The fourth-order valence-corrected chi connectivity index (χ4v) is 2.17. The van der Waals surface area contributed by atoms with Gasteiger partial charge in [0.2, 0.25) is 5.91 Å². The molecule has 1 aromatic rings. The van der Waals surface area contributed by atoms with Crippen molar-refractivity contribution in [2.24, 2.45) is 0 Å². The summed E-state index contributed by atoms with van der Waals surface area (Å²) in [5, 5.41) is 2.84. The molecule has 0 aliphatic carbocycles. The Morgan fingerprint density at radius 2 is 2.47 bits per heavy atom. The molecule has 1 aromatic heterocycles. The Balaban J connectivity index is 2.28. The molecule has 7 heteroatoms. The van der Waals surface area contributed by atoms with Crippen LogP contribution in [0.15, 0.2) is 10.9 Å². The molecule has 2 rings (SSSR count). The molecular weight excluding hydrogens is 248 g/mol. The van der Waals surface area contributed by atoms with E-state index >= 15 is 0 Å². The second kappa shape index (κ2) is 5.94. The van der Waals surface area contributed by atoms with Crippen LogP contribution in [0.5, 0.6) is 0 Å². The molecule has 0 bridgehead atoms. The zero-order valence-electron chi connectivity index (χ0n) is 11.1. The highest BCUT2D eigenvalue weighted by Crippen LogP contribution is 2.21. The zero-order valence-corrected chi connectivity index (χ0v) is 11.1. The molecule has 1 saturated heterocycles. The zero-order chi connectivity index (χ0) is 13.8. The number of morpholine rings is 1. The van der Waals surface area contributed by atoms with Gasteiger partial charge in [-0.2, -0.15) is 0 Å². The molecule has 2 heterocycles. The van der Waals surface area contributed by atoms with Crippen LogP contribution in [0.25, 0.3) is 0 Å². The van der Waals surface area contributed by atoms with Crippen molar-refractivity contribution >= 4 is 5.91 Å². The van der Waals surface area contributed by atoms with Gasteiger partial charge in [-0.15, -0.1) is 0 Å². The van der Waals surface area contributed by atoms with E-state index < -0.39 is 0 Å². The molecule has 1 atom stereocenters. The average Bonchev–Trinajstić information content (AvgIpc) is 2.38. The molecule has 104 valence electrons. The fraction of sp³-hybridized carbons (Fsp3) is 0.583. The maximum atomic E-state index is 12.0. The molecule has 0 unspecified atom stereocenters. The lowest BCUT2D eigenvalue weighted by Gasteiger charge is -2.35. The van der Waals surface area contributed by atoms with Crippen LogP contribution in [0, 0.1) is 6.92 Å². The van der Waals surface area contributed by atoms with E-state index in [-0.39, 0.29) is 24.1 Å². The Labute approximate surface area is 111 Å². The highest BCUT2D eigenvalue weighted by Gasteiger charge is 2.29. The summed E-state index contributed by atoms with van der Waals surface area (Å²) in [5.74, 6) is 0.518. The van der Waals surface area contributed by atoms with Crippen LogP contribution in [0.3, 0.4) is 0 Å². The Kier molecular flexibility index (Phi) is 4.28. The van der Waals surface area contributed by atoms with Crippen molar-refractivity contribution in [1.29, 1.82) is 0 Å². The van der Waals surface area contributed by atoms with Crippen molar-refractivity contribution in [3.63, 3.8) is 0 Å². The summed E-state index contributed by atoms with van der Waals surface area (Å²) in [4.78, 5) is 32.2. The van der Waals surface area contributed by atoms with Crippen molar-refractivity contribution in [1.82, 2.24) is 20.2 Å². The third-order valence-electron chi connectivity index (χ3n) is 3.00. The van der Waals surface area contributed by atoms with Crippen LogP contribution >= 0.6 is 0 Å². The molecule has 0 saturated carbocycles. The number of nitrogens with one attached hydrogen (secondary N) is 2. The minimum Gasteiger partial charge on any atom is -0.377 e. The maximum absolute atomic E-state index is 12.0. The first-order chi connectivity index (χ1) is 9.11. The van der Waals surface area contributed by atoms with E-state index in [0.717, 1.165) is 0 Å². The minimum absolute atomic E-state index is 0.0180.